The molecule has 1 amide bonds. The quantitative estimate of drug-likeness (QED) is 0.785. The van der Waals surface area contributed by atoms with E-state index in [1.165, 1.54) is 11.8 Å². The van der Waals surface area contributed by atoms with Crippen molar-refractivity contribution < 1.29 is 17.6 Å². The zero-order valence-corrected chi connectivity index (χ0v) is 15.4. The van der Waals surface area contributed by atoms with E-state index in [1.54, 1.807) is 0 Å². The number of hydrogen-bond donors (Lipinski definition) is 1. The summed E-state index contributed by atoms with van der Waals surface area (Å²) in [6.45, 7) is 2.25. The van der Waals surface area contributed by atoms with E-state index in [0.29, 0.717) is 17.5 Å². The van der Waals surface area contributed by atoms with E-state index in [2.05, 4.69) is 22.4 Å². The van der Waals surface area contributed by atoms with Gasteiger partial charge in [0.05, 0.1) is 23.2 Å². The molecule has 9 heteroatoms. The molecule has 1 aromatic rings. The first kappa shape index (κ1) is 17.7. The van der Waals surface area contributed by atoms with E-state index in [-0.39, 0.29) is 35.1 Å². The number of nitrogens with zero attached hydrogens (tertiary/aromatic N) is 2. The predicted octanol–water partition coefficient (Wildman–Crippen LogP) is 1.76. The lowest BCUT2D eigenvalue weighted by Gasteiger charge is -2.26. The van der Waals surface area contributed by atoms with Crippen molar-refractivity contribution in [3.05, 3.63) is 5.89 Å². The SMILES string of the molecule is CC1CCC(NC(=O)CSc2nnc(C3CCS(=O)(=O)C3)o2)CC1. The maximum atomic E-state index is 12.0. The van der Waals surface area contributed by atoms with Crippen molar-refractivity contribution in [2.75, 3.05) is 17.3 Å². The van der Waals surface area contributed by atoms with Crippen LogP contribution in [0.1, 0.15) is 50.8 Å². The second-order valence-corrected chi connectivity index (χ2v) is 9.97. The van der Waals surface area contributed by atoms with Gasteiger partial charge in [-0.25, -0.2) is 8.42 Å². The summed E-state index contributed by atoms with van der Waals surface area (Å²) < 4.78 is 28.5. The van der Waals surface area contributed by atoms with Crippen LogP contribution in [0.25, 0.3) is 0 Å². The van der Waals surface area contributed by atoms with Crippen LogP contribution < -0.4 is 5.32 Å². The molecule has 2 heterocycles. The number of sulfone groups is 1. The first-order chi connectivity index (χ1) is 11.4. The molecule has 0 radical (unpaired) electrons. The van der Waals surface area contributed by atoms with Gasteiger partial charge in [-0.2, -0.15) is 0 Å². The lowest BCUT2D eigenvalue weighted by molar-refractivity contribution is -0.119. The summed E-state index contributed by atoms with van der Waals surface area (Å²) in [5.41, 5.74) is 0. The molecule has 1 saturated carbocycles. The molecule has 1 unspecified atom stereocenters. The van der Waals surface area contributed by atoms with Crippen molar-refractivity contribution in [1.82, 2.24) is 15.5 Å². The number of aromatic nitrogens is 2. The molecular weight excluding hydrogens is 350 g/mol. The fourth-order valence-corrected chi connectivity index (χ4v) is 5.55. The van der Waals surface area contributed by atoms with Crippen LogP contribution in [0.5, 0.6) is 0 Å². The molecule has 0 bridgehead atoms. The molecule has 1 aliphatic carbocycles. The molecule has 7 nitrogen and oxygen atoms in total. The molecule has 134 valence electrons. The van der Waals surface area contributed by atoms with Crippen molar-refractivity contribution in [2.45, 2.75) is 56.2 Å². The molecule has 2 fully saturated rings. The van der Waals surface area contributed by atoms with Crippen LogP contribution in [0.15, 0.2) is 9.64 Å². The lowest BCUT2D eigenvalue weighted by atomic mass is 9.87. The zero-order valence-electron chi connectivity index (χ0n) is 13.7. The Morgan fingerprint density at radius 1 is 1.25 bits per heavy atom. The topological polar surface area (TPSA) is 102 Å². The van der Waals surface area contributed by atoms with Gasteiger partial charge in [0.25, 0.3) is 5.22 Å². The van der Waals surface area contributed by atoms with Gasteiger partial charge in [-0.1, -0.05) is 18.7 Å². The molecule has 1 atom stereocenters. The number of nitrogens with one attached hydrogen (secondary N) is 1. The summed E-state index contributed by atoms with van der Waals surface area (Å²) in [6.07, 6.45) is 4.93. The van der Waals surface area contributed by atoms with Gasteiger partial charge in [0.1, 0.15) is 0 Å². The standard InChI is InChI=1S/C15H23N3O4S2/c1-10-2-4-12(5-3-10)16-13(19)8-23-15-18-17-14(22-15)11-6-7-24(20,21)9-11/h10-12H,2-9H2,1H3,(H,16,19). The van der Waals surface area contributed by atoms with E-state index in [1.807, 2.05) is 0 Å². The Labute approximate surface area is 146 Å². The van der Waals surface area contributed by atoms with Crippen molar-refractivity contribution in [3.63, 3.8) is 0 Å². The van der Waals surface area contributed by atoms with Crippen molar-refractivity contribution in [1.29, 1.82) is 0 Å². The average Bonchev–Trinajstić information content (AvgIpc) is 3.14. The van der Waals surface area contributed by atoms with Gasteiger partial charge in [-0.3, -0.25) is 4.79 Å². The van der Waals surface area contributed by atoms with Gasteiger partial charge in [-0.05, 0) is 38.0 Å². The normalized spacial score (nSPS) is 29.5. The minimum atomic E-state index is -2.98. The monoisotopic (exact) mass is 373 g/mol. The van der Waals surface area contributed by atoms with Gasteiger partial charge in [-0.15, -0.1) is 10.2 Å². The number of thioether (sulfide) groups is 1. The molecule has 2 aliphatic rings. The first-order valence-electron chi connectivity index (χ1n) is 8.37. The van der Waals surface area contributed by atoms with Gasteiger partial charge in [0.15, 0.2) is 9.84 Å². The van der Waals surface area contributed by atoms with E-state index >= 15 is 0 Å². The molecule has 0 aromatic carbocycles. The maximum absolute atomic E-state index is 12.0. The Bertz CT molecular complexity index is 681. The average molecular weight is 374 g/mol. The molecule has 0 spiro atoms. The summed E-state index contributed by atoms with van der Waals surface area (Å²) in [7, 11) is -2.98. The Balaban J connectivity index is 1.44. The van der Waals surface area contributed by atoms with Crippen LogP contribution in [0.2, 0.25) is 0 Å². The van der Waals surface area contributed by atoms with E-state index in [4.69, 9.17) is 4.42 Å². The van der Waals surface area contributed by atoms with Crippen LogP contribution >= 0.6 is 11.8 Å². The molecule has 1 aliphatic heterocycles. The molecule has 1 saturated heterocycles. The molecular formula is C15H23N3O4S2. The van der Waals surface area contributed by atoms with E-state index in [9.17, 15) is 13.2 Å². The van der Waals surface area contributed by atoms with Crippen LogP contribution in [0, 0.1) is 5.92 Å². The zero-order chi connectivity index (χ0) is 17.2. The van der Waals surface area contributed by atoms with E-state index in [0.717, 1.165) is 31.6 Å². The fourth-order valence-electron chi connectivity index (χ4n) is 3.23. The van der Waals surface area contributed by atoms with Gasteiger partial charge < -0.3 is 9.73 Å². The van der Waals surface area contributed by atoms with Gasteiger partial charge in [0, 0.05) is 6.04 Å². The smallest absolute Gasteiger partial charge is 0.277 e. The van der Waals surface area contributed by atoms with Crippen LogP contribution in [-0.2, 0) is 14.6 Å². The molecule has 3 rings (SSSR count). The molecule has 1 aromatic heterocycles. The Morgan fingerprint density at radius 3 is 2.67 bits per heavy atom. The summed E-state index contributed by atoms with van der Waals surface area (Å²) in [5, 5.41) is 11.2. The largest absolute Gasteiger partial charge is 0.416 e. The number of carbonyl (C=O) groups is 1. The highest BCUT2D eigenvalue weighted by Crippen LogP contribution is 2.29. The van der Waals surface area contributed by atoms with E-state index < -0.39 is 9.84 Å². The highest BCUT2D eigenvalue weighted by Gasteiger charge is 2.32. The number of carbonyl (C=O) groups excluding carboxylic acids is 1. The van der Waals surface area contributed by atoms with Crippen molar-refractivity contribution in [2.24, 2.45) is 5.92 Å². The first-order valence-corrected chi connectivity index (χ1v) is 11.2. The maximum Gasteiger partial charge on any atom is 0.277 e. The minimum Gasteiger partial charge on any atom is -0.416 e. The second-order valence-electron chi connectivity index (χ2n) is 6.82. The lowest BCUT2D eigenvalue weighted by Crippen LogP contribution is -2.38. The fraction of sp³-hybridized carbons (Fsp3) is 0.800. The number of amides is 1. The number of hydrogen-bond acceptors (Lipinski definition) is 7. The van der Waals surface area contributed by atoms with Crippen molar-refractivity contribution in [3.8, 4) is 0 Å². The summed E-state index contributed by atoms with van der Waals surface area (Å²) in [4.78, 5) is 12.0. The van der Waals surface area contributed by atoms with Crippen LogP contribution in [0.4, 0.5) is 0 Å². The van der Waals surface area contributed by atoms with Gasteiger partial charge >= 0.3 is 0 Å². The Kier molecular flexibility index (Phi) is 5.49. The summed E-state index contributed by atoms with van der Waals surface area (Å²) in [6, 6.07) is 0.274. The predicted molar refractivity (Wildman–Crippen MR) is 90.6 cm³/mol. The summed E-state index contributed by atoms with van der Waals surface area (Å²) in [5.74, 6) is 1.35. The number of rotatable bonds is 5. The second kappa shape index (κ2) is 7.43. The van der Waals surface area contributed by atoms with Crippen molar-refractivity contribution >= 4 is 27.5 Å². The highest BCUT2D eigenvalue weighted by molar-refractivity contribution is 7.99. The third kappa shape index (κ3) is 4.72. The van der Waals surface area contributed by atoms with Crippen LogP contribution in [0.3, 0.4) is 0 Å². The summed E-state index contributed by atoms with van der Waals surface area (Å²) >= 11 is 1.20. The minimum absolute atomic E-state index is 0.0252. The molecule has 24 heavy (non-hydrogen) atoms. The highest BCUT2D eigenvalue weighted by atomic mass is 32.2. The Hall–Kier alpha value is -1.09. The third-order valence-electron chi connectivity index (χ3n) is 4.71. The van der Waals surface area contributed by atoms with Gasteiger partial charge in [0.2, 0.25) is 11.8 Å². The third-order valence-corrected chi connectivity index (χ3v) is 7.30. The molecule has 1 N–H and O–H groups in total. The van der Waals surface area contributed by atoms with Crippen LogP contribution in [-0.4, -0.2) is 47.8 Å². The Morgan fingerprint density at radius 2 is 2.00 bits per heavy atom.